The normalized spacial score (nSPS) is 16.4. The van der Waals surface area contributed by atoms with Gasteiger partial charge in [0.1, 0.15) is 11.6 Å². The lowest BCUT2D eigenvalue weighted by molar-refractivity contribution is -0.153. The van der Waals surface area contributed by atoms with Gasteiger partial charge in [-0.3, -0.25) is 14.6 Å². The van der Waals surface area contributed by atoms with Crippen molar-refractivity contribution in [1.82, 2.24) is 0 Å². The van der Waals surface area contributed by atoms with E-state index in [0.29, 0.717) is 6.21 Å². The van der Waals surface area contributed by atoms with Gasteiger partial charge in [0.2, 0.25) is 0 Å². The van der Waals surface area contributed by atoms with E-state index in [1.54, 1.807) is 0 Å². The highest BCUT2D eigenvalue weighted by atomic mass is 19.2. The lowest BCUT2D eigenvalue weighted by Gasteiger charge is -2.17. The number of Topliss-reactive ketones (excluding diaryl/α,β-unsaturated/α-hetero) is 2. The van der Waals surface area contributed by atoms with Crippen molar-refractivity contribution in [1.29, 1.82) is 0 Å². The zero-order valence-electron chi connectivity index (χ0n) is 11.0. The van der Waals surface area contributed by atoms with Gasteiger partial charge in [0.05, 0.1) is 12.2 Å². The molecular formula is C13H7F4NO4. The summed E-state index contributed by atoms with van der Waals surface area (Å²) in [4.78, 5) is 38.2. The van der Waals surface area contributed by atoms with Crippen molar-refractivity contribution in [2.45, 2.75) is 6.92 Å². The fourth-order valence-corrected chi connectivity index (χ4v) is 1.85. The number of rotatable bonds is 3. The molecular weight excluding hydrogens is 310 g/mol. The van der Waals surface area contributed by atoms with Crippen molar-refractivity contribution in [2.75, 3.05) is 6.61 Å². The minimum Gasteiger partial charge on any atom is -0.460 e. The maximum absolute atomic E-state index is 13.7. The Labute approximate surface area is 120 Å². The first-order chi connectivity index (χ1) is 10.3. The van der Waals surface area contributed by atoms with Gasteiger partial charge in [-0.2, -0.15) is 0 Å². The first-order valence-electron chi connectivity index (χ1n) is 5.96. The van der Waals surface area contributed by atoms with Gasteiger partial charge in [-0.1, -0.05) is 0 Å². The maximum Gasteiger partial charge on any atom is 0.375 e. The van der Waals surface area contributed by atoms with Crippen molar-refractivity contribution >= 4 is 29.4 Å². The molecule has 0 saturated heterocycles. The summed E-state index contributed by atoms with van der Waals surface area (Å²) in [5.41, 5.74) is -2.28. The Morgan fingerprint density at radius 3 is 2.32 bits per heavy atom. The summed E-state index contributed by atoms with van der Waals surface area (Å²) in [6.45, 7) is 1.26. The van der Waals surface area contributed by atoms with Gasteiger partial charge in [0.25, 0.3) is 5.78 Å². The number of aliphatic imine (C=N–C) groups is 1. The predicted octanol–water partition coefficient (Wildman–Crippen LogP) is 1.89. The number of fused-ring (bicyclic) bond motifs is 1. The zero-order valence-corrected chi connectivity index (χ0v) is 11.0. The standard InChI is InChI=1S/C13H7F4NO4/c1-2-22-13(21)12(20)4-3-18-10-5(11(4)19)6(14)7(15)8(16)9(10)17/h3-4H,2H2,1H3. The number of esters is 1. The molecule has 0 amide bonds. The number of hydrogen-bond donors (Lipinski definition) is 0. The fraction of sp³-hybridized carbons (Fsp3) is 0.231. The molecule has 1 aliphatic rings. The van der Waals surface area contributed by atoms with Crippen LogP contribution in [0.2, 0.25) is 0 Å². The van der Waals surface area contributed by atoms with Crippen LogP contribution in [0.5, 0.6) is 0 Å². The zero-order chi connectivity index (χ0) is 16.6. The summed E-state index contributed by atoms with van der Waals surface area (Å²) in [7, 11) is 0. The number of hydrogen-bond acceptors (Lipinski definition) is 5. The minimum absolute atomic E-state index is 0.151. The van der Waals surface area contributed by atoms with Crippen LogP contribution in [0, 0.1) is 29.2 Å². The first kappa shape index (κ1) is 15.8. The molecule has 0 spiro atoms. The molecule has 1 unspecified atom stereocenters. The molecule has 1 atom stereocenters. The van der Waals surface area contributed by atoms with Gasteiger partial charge in [0.15, 0.2) is 29.1 Å². The van der Waals surface area contributed by atoms with Gasteiger partial charge in [-0.25, -0.2) is 22.4 Å². The number of nitrogens with zero attached hydrogens (tertiary/aromatic N) is 1. The van der Waals surface area contributed by atoms with Crippen LogP contribution in [-0.4, -0.2) is 30.4 Å². The van der Waals surface area contributed by atoms with E-state index in [1.807, 2.05) is 0 Å². The second kappa shape index (κ2) is 5.66. The van der Waals surface area contributed by atoms with E-state index in [0.717, 1.165) is 0 Å². The smallest absolute Gasteiger partial charge is 0.375 e. The first-order valence-corrected chi connectivity index (χ1v) is 5.96. The average molecular weight is 317 g/mol. The Bertz CT molecular complexity index is 729. The van der Waals surface area contributed by atoms with Crippen LogP contribution in [0.1, 0.15) is 17.3 Å². The summed E-state index contributed by atoms with van der Waals surface area (Å²) < 4.78 is 57.8. The number of carbonyl (C=O) groups excluding carboxylic acids is 3. The molecule has 9 heteroatoms. The van der Waals surface area contributed by atoms with Gasteiger partial charge in [0, 0.05) is 6.21 Å². The Hall–Kier alpha value is -2.58. The summed E-state index contributed by atoms with van der Waals surface area (Å²) in [6.07, 6.45) is 0.559. The monoisotopic (exact) mass is 317 g/mol. The molecule has 1 aromatic carbocycles. The second-order valence-electron chi connectivity index (χ2n) is 4.18. The second-order valence-corrected chi connectivity index (χ2v) is 4.18. The van der Waals surface area contributed by atoms with E-state index >= 15 is 0 Å². The third-order valence-corrected chi connectivity index (χ3v) is 2.88. The van der Waals surface area contributed by atoms with Crippen LogP contribution < -0.4 is 0 Å². The number of ketones is 2. The average Bonchev–Trinajstić information content (AvgIpc) is 2.50. The number of benzene rings is 1. The van der Waals surface area contributed by atoms with Crippen LogP contribution >= 0.6 is 0 Å². The van der Waals surface area contributed by atoms with Crippen molar-refractivity contribution in [3.63, 3.8) is 0 Å². The Kier molecular flexibility index (Phi) is 4.07. The van der Waals surface area contributed by atoms with E-state index in [4.69, 9.17) is 0 Å². The largest absolute Gasteiger partial charge is 0.460 e. The molecule has 0 aliphatic carbocycles. The molecule has 0 N–H and O–H groups in total. The Morgan fingerprint density at radius 2 is 1.73 bits per heavy atom. The topological polar surface area (TPSA) is 72.8 Å². The van der Waals surface area contributed by atoms with Crippen LogP contribution in [0.4, 0.5) is 23.2 Å². The molecule has 5 nitrogen and oxygen atoms in total. The molecule has 0 saturated carbocycles. The molecule has 2 rings (SSSR count). The van der Waals surface area contributed by atoms with Crippen molar-refractivity contribution in [3.05, 3.63) is 28.8 Å². The summed E-state index contributed by atoms with van der Waals surface area (Å²) in [5, 5.41) is 0. The van der Waals surface area contributed by atoms with Crippen LogP contribution in [0.25, 0.3) is 0 Å². The highest BCUT2D eigenvalue weighted by Crippen LogP contribution is 2.35. The van der Waals surface area contributed by atoms with E-state index < -0.39 is 58.0 Å². The summed E-state index contributed by atoms with van der Waals surface area (Å²) in [5.74, 6) is -14.2. The molecule has 22 heavy (non-hydrogen) atoms. The van der Waals surface area contributed by atoms with E-state index in [-0.39, 0.29) is 6.61 Å². The van der Waals surface area contributed by atoms with Crippen LogP contribution in [-0.2, 0) is 14.3 Å². The van der Waals surface area contributed by atoms with E-state index in [9.17, 15) is 31.9 Å². The van der Waals surface area contributed by atoms with Gasteiger partial charge in [-0.15, -0.1) is 0 Å². The van der Waals surface area contributed by atoms with Crippen molar-refractivity contribution < 1.29 is 36.7 Å². The quantitative estimate of drug-likeness (QED) is 0.213. The highest BCUT2D eigenvalue weighted by Gasteiger charge is 2.40. The van der Waals surface area contributed by atoms with Gasteiger partial charge >= 0.3 is 5.97 Å². The highest BCUT2D eigenvalue weighted by molar-refractivity contribution is 6.44. The van der Waals surface area contributed by atoms with Gasteiger partial charge < -0.3 is 4.74 Å². The number of carbonyl (C=O) groups is 3. The molecule has 0 radical (unpaired) electrons. The third kappa shape index (κ3) is 2.28. The summed E-state index contributed by atoms with van der Waals surface area (Å²) in [6, 6.07) is 0. The van der Waals surface area contributed by atoms with Crippen LogP contribution in [0.3, 0.4) is 0 Å². The Balaban J connectivity index is 2.52. The van der Waals surface area contributed by atoms with Crippen molar-refractivity contribution in [3.8, 4) is 0 Å². The minimum atomic E-state index is -2.20. The molecule has 0 fully saturated rings. The molecule has 1 heterocycles. The molecule has 0 bridgehead atoms. The molecule has 0 aromatic heterocycles. The lowest BCUT2D eigenvalue weighted by atomic mass is 9.90. The van der Waals surface area contributed by atoms with Crippen LogP contribution in [0.15, 0.2) is 4.99 Å². The SMILES string of the molecule is CCOC(=O)C(=O)C1C=Nc2c(F)c(F)c(F)c(F)c2C1=O. The molecule has 1 aromatic rings. The van der Waals surface area contributed by atoms with E-state index in [1.165, 1.54) is 6.92 Å². The number of halogens is 4. The van der Waals surface area contributed by atoms with Gasteiger partial charge in [-0.05, 0) is 6.92 Å². The van der Waals surface area contributed by atoms with E-state index in [2.05, 4.69) is 9.73 Å². The number of ether oxygens (including phenoxy) is 1. The predicted molar refractivity (Wildman–Crippen MR) is 63.9 cm³/mol. The third-order valence-electron chi connectivity index (χ3n) is 2.88. The summed E-state index contributed by atoms with van der Waals surface area (Å²) >= 11 is 0. The lowest BCUT2D eigenvalue weighted by Crippen LogP contribution is -2.35. The molecule has 1 aliphatic heterocycles. The maximum atomic E-state index is 13.7. The Morgan fingerprint density at radius 1 is 1.14 bits per heavy atom. The fourth-order valence-electron chi connectivity index (χ4n) is 1.85. The molecule has 116 valence electrons. The van der Waals surface area contributed by atoms with Crippen molar-refractivity contribution in [2.24, 2.45) is 10.9 Å².